The van der Waals surface area contributed by atoms with Crippen LogP contribution < -0.4 is 5.32 Å². The molecule has 0 bridgehead atoms. The molecule has 0 aliphatic carbocycles. The highest BCUT2D eigenvalue weighted by atomic mass is 15.2. The van der Waals surface area contributed by atoms with Gasteiger partial charge in [-0.1, -0.05) is 27.7 Å². The lowest BCUT2D eigenvalue weighted by atomic mass is 9.85. The average Bonchev–Trinajstić information content (AvgIpc) is 2.39. The van der Waals surface area contributed by atoms with Gasteiger partial charge in [-0.15, -0.1) is 0 Å². The topological polar surface area (TPSA) is 18.5 Å². The number of nitrogens with zero attached hydrogens (tertiary/aromatic N) is 2. The SMILES string of the molecule is CCC(C)(CNCC(C)C)CN(C)C1CCN(C)CC1. The number of piperidine rings is 1. The summed E-state index contributed by atoms with van der Waals surface area (Å²) in [5.41, 5.74) is 0.396. The molecule has 3 nitrogen and oxygen atoms in total. The van der Waals surface area contributed by atoms with Gasteiger partial charge < -0.3 is 15.1 Å². The summed E-state index contributed by atoms with van der Waals surface area (Å²) in [6, 6.07) is 0.780. The summed E-state index contributed by atoms with van der Waals surface area (Å²) < 4.78 is 0. The van der Waals surface area contributed by atoms with Gasteiger partial charge in [-0.05, 0) is 64.3 Å². The normalized spacial score (nSPS) is 21.6. The molecule has 1 atom stereocenters. The van der Waals surface area contributed by atoms with Gasteiger partial charge in [0.05, 0.1) is 0 Å². The fourth-order valence-corrected chi connectivity index (χ4v) is 3.12. The minimum Gasteiger partial charge on any atom is -0.316 e. The van der Waals surface area contributed by atoms with Gasteiger partial charge in [-0.2, -0.15) is 0 Å². The van der Waals surface area contributed by atoms with E-state index in [9.17, 15) is 0 Å². The molecule has 1 fully saturated rings. The highest BCUT2D eigenvalue weighted by molar-refractivity contribution is 4.84. The average molecular weight is 284 g/mol. The Labute approximate surface area is 127 Å². The molecule has 3 heteroatoms. The second-order valence-electron chi connectivity index (χ2n) is 7.64. The Morgan fingerprint density at radius 3 is 2.40 bits per heavy atom. The molecule has 0 radical (unpaired) electrons. The molecule has 0 aromatic carbocycles. The number of nitrogens with one attached hydrogen (secondary N) is 1. The lowest BCUT2D eigenvalue weighted by molar-refractivity contribution is 0.0965. The second kappa shape index (κ2) is 8.35. The molecule has 1 rings (SSSR count). The summed E-state index contributed by atoms with van der Waals surface area (Å²) in [7, 11) is 4.56. The van der Waals surface area contributed by atoms with Crippen LogP contribution in [-0.2, 0) is 0 Å². The molecule has 0 spiro atoms. The summed E-state index contributed by atoms with van der Waals surface area (Å²) in [4.78, 5) is 5.07. The van der Waals surface area contributed by atoms with Crippen LogP contribution in [0.25, 0.3) is 0 Å². The van der Waals surface area contributed by atoms with Crippen LogP contribution in [0.4, 0.5) is 0 Å². The maximum Gasteiger partial charge on any atom is 0.0117 e. The molecule has 120 valence electrons. The fourth-order valence-electron chi connectivity index (χ4n) is 3.12. The van der Waals surface area contributed by atoms with Crippen LogP contribution in [0.5, 0.6) is 0 Å². The summed E-state index contributed by atoms with van der Waals surface area (Å²) in [5, 5.41) is 3.66. The second-order valence-corrected chi connectivity index (χ2v) is 7.64. The lowest BCUT2D eigenvalue weighted by Crippen LogP contribution is -2.48. The van der Waals surface area contributed by atoms with Crippen LogP contribution in [0.1, 0.15) is 47.0 Å². The fraction of sp³-hybridized carbons (Fsp3) is 1.00. The van der Waals surface area contributed by atoms with Gasteiger partial charge in [0.25, 0.3) is 0 Å². The van der Waals surface area contributed by atoms with E-state index in [2.05, 4.69) is 56.9 Å². The zero-order valence-corrected chi connectivity index (χ0v) is 14.7. The zero-order valence-electron chi connectivity index (χ0n) is 14.7. The van der Waals surface area contributed by atoms with Crippen molar-refractivity contribution in [2.75, 3.05) is 46.8 Å². The Morgan fingerprint density at radius 2 is 1.90 bits per heavy atom. The van der Waals surface area contributed by atoms with Crippen molar-refractivity contribution in [1.29, 1.82) is 0 Å². The predicted molar refractivity (Wildman–Crippen MR) is 89.3 cm³/mol. The molecule has 0 aromatic heterocycles. The van der Waals surface area contributed by atoms with Crippen LogP contribution in [0.2, 0.25) is 0 Å². The highest BCUT2D eigenvalue weighted by Gasteiger charge is 2.28. The summed E-state index contributed by atoms with van der Waals surface area (Å²) >= 11 is 0. The number of hydrogen-bond acceptors (Lipinski definition) is 3. The van der Waals surface area contributed by atoms with E-state index in [1.807, 2.05) is 0 Å². The van der Waals surface area contributed by atoms with Crippen molar-refractivity contribution in [3.05, 3.63) is 0 Å². The molecule has 20 heavy (non-hydrogen) atoms. The molecule has 0 saturated carbocycles. The van der Waals surface area contributed by atoms with Crippen molar-refractivity contribution in [3.63, 3.8) is 0 Å². The standard InChI is InChI=1S/C17H37N3/c1-7-17(4,13-18-12-15(2)3)14-20(6)16-8-10-19(5)11-9-16/h15-16,18H,7-14H2,1-6H3. The van der Waals surface area contributed by atoms with E-state index in [0.29, 0.717) is 5.41 Å². The van der Waals surface area contributed by atoms with E-state index in [0.717, 1.165) is 25.0 Å². The lowest BCUT2D eigenvalue weighted by Gasteiger charge is -2.40. The molecule has 1 saturated heterocycles. The molecule has 1 aliphatic heterocycles. The third-order valence-electron chi connectivity index (χ3n) is 4.90. The van der Waals surface area contributed by atoms with E-state index in [1.54, 1.807) is 0 Å². The van der Waals surface area contributed by atoms with E-state index in [-0.39, 0.29) is 0 Å². The van der Waals surface area contributed by atoms with Crippen LogP contribution >= 0.6 is 0 Å². The molecule has 1 heterocycles. The smallest absolute Gasteiger partial charge is 0.0117 e. The summed E-state index contributed by atoms with van der Waals surface area (Å²) in [6.45, 7) is 15.3. The predicted octanol–water partition coefficient (Wildman–Crippen LogP) is 2.67. The molecule has 0 amide bonds. The maximum absolute atomic E-state index is 3.66. The zero-order chi connectivity index (χ0) is 15.2. The monoisotopic (exact) mass is 283 g/mol. The Balaban J connectivity index is 2.40. The van der Waals surface area contributed by atoms with Crippen molar-refractivity contribution >= 4 is 0 Å². The molecule has 1 aliphatic rings. The largest absolute Gasteiger partial charge is 0.316 e. The number of rotatable bonds is 8. The minimum absolute atomic E-state index is 0.396. The summed E-state index contributed by atoms with van der Waals surface area (Å²) in [5.74, 6) is 0.739. The van der Waals surface area contributed by atoms with Crippen LogP contribution in [0.3, 0.4) is 0 Å². The molecule has 1 N–H and O–H groups in total. The Bertz CT molecular complexity index is 259. The van der Waals surface area contributed by atoms with Crippen molar-refractivity contribution < 1.29 is 0 Å². The van der Waals surface area contributed by atoms with Gasteiger partial charge in [-0.25, -0.2) is 0 Å². The van der Waals surface area contributed by atoms with E-state index >= 15 is 0 Å². The van der Waals surface area contributed by atoms with Crippen molar-refractivity contribution in [1.82, 2.24) is 15.1 Å². The van der Waals surface area contributed by atoms with Crippen molar-refractivity contribution in [2.45, 2.75) is 53.0 Å². The van der Waals surface area contributed by atoms with Gasteiger partial charge in [0.15, 0.2) is 0 Å². The highest BCUT2D eigenvalue weighted by Crippen LogP contribution is 2.24. The van der Waals surface area contributed by atoms with Gasteiger partial charge in [0.1, 0.15) is 0 Å². The maximum atomic E-state index is 3.66. The van der Waals surface area contributed by atoms with E-state index in [4.69, 9.17) is 0 Å². The minimum atomic E-state index is 0.396. The first kappa shape index (κ1) is 17.9. The van der Waals surface area contributed by atoms with E-state index < -0.39 is 0 Å². The van der Waals surface area contributed by atoms with Gasteiger partial charge >= 0.3 is 0 Å². The Kier molecular flexibility index (Phi) is 7.49. The Morgan fingerprint density at radius 1 is 1.30 bits per heavy atom. The van der Waals surface area contributed by atoms with Crippen molar-refractivity contribution in [2.24, 2.45) is 11.3 Å². The summed E-state index contributed by atoms with van der Waals surface area (Å²) in [6.07, 6.45) is 3.90. The number of hydrogen-bond donors (Lipinski definition) is 1. The van der Waals surface area contributed by atoms with Crippen LogP contribution in [0, 0.1) is 11.3 Å². The van der Waals surface area contributed by atoms with Gasteiger partial charge in [0, 0.05) is 19.1 Å². The van der Waals surface area contributed by atoms with Crippen LogP contribution in [0.15, 0.2) is 0 Å². The third-order valence-corrected chi connectivity index (χ3v) is 4.90. The molecular weight excluding hydrogens is 246 g/mol. The quantitative estimate of drug-likeness (QED) is 0.739. The first-order chi connectivity index (χ1) is 9.36. The third kappa shape index (κ3) is 6.11. The first-order valence-electron chi connectivity index (χ1n) is 8.46. The first-order valence-corrected chi connectivity index (χ1v) is 8.46. The molecule has 1 unspecified atom stereocenters. The Hall–Kier alpha value is -0.120. The van der Waals surface area contributed by atoms with E-state index in [1.165, 1.54) is 38.9 Å². The van der Waals surface area contributed by atoms with Crippen molar-refractivity contribution in [3.8, 4) is 0 Å². The van der Waals surface area contributed by atoms with Gasteiger partial charge in [-0.3, -0.25) is 0 Å². The number of likely N-dealkylation sites (tertiary alicyclic amines) is 1. The molecular formula is C17H37N3. The van der Waals surface area contributed by atoms with Crippen LogP contribution in [-0.4, -0.2) is 62.7 Å². The molecule has 0 aromatic rings. The van der Waals surface area contributed by atoms with Gasteiger partial charge in [0.2, 0.25) is 0 Å².